The Bertz CT molecular complexity index is 870. The lowest BCUT2D eigenvalue weighted by atomic mass is 10.0. The second kappa shape index (κ2) is 5.67. The molecule has 0 saturated carbocycles. The van der Waals surface area contributed by atoms with Gasteiger partial charge in [-0.05, 0) is 43.7 Å². The molecule has 3 aromatic rings. The van der Waals surface area contributed by atoms with Crippen molar-refractivity contribution in [2.45, 2.75) is 13.8 Å². The van der Waals surface area contributed by atoms with Gasteiger partial charge in [-0.1, -0.05) is 35.4 Å². The second-order valence-corrected chi connectivity index (χ2v) is 5.67. The Balaban J connectivity index is 2.21. The highest BCUT2D eigenvalue weighted by atomic mass is 35.5. The fourth-order valence-electron chi connectivity index (χ4n) is 2.51. The largest absolute Gasteiger partial charge is 0.232 e. The summed E-state index contributed by atoms with van der Waals surface area (Å²) in [5.41, 5.74) is 5.59. The van der Waals surface area contributed by atoms with Crippen LogP contribution in [0.25, 0.3) is 16.9 Å². The number of hydrogen-bond acceptors (Lipinski definition) is 2. The molecule has 1 aromatic heterocycles. The molecule has 22 heavy (non-hydrogen) atoms. The van der Waals surface area contributed by atoms with Crippen molar-refractivity contribution in [1.29, 1.82) is 5.26 Å². The van der Waals surface area contributed by atoms with Crippen LogP contribution < -0.4 is 0 Å². The van der Waals surface area contributed by atoms with E-state index >= 15 is 0 Å². The Morgan fingerprint density at radius 2 is 1.77 bits per heavy atom. The van der Waals surface area contributed by atoms with Gasteiger partial charge < -0.3 is 0 Å². The van der Waals surface area contributed by atoms with Crippen LogP contribution >= 0.6 is 11.6 Å². The Morgan fingerprint density at radius 3 is 2.41 bits per heavy atom. The third-order valence-corrected chi connectivity index (χ3v) is 3.80. The predicted octanol–water partition coefficient (Wildman–Crippen LogP) is 4.68. The number of hydrogen-bond donors (Lipinski definition) is 0. The summed E-state index contributed by atoms with van der Waals surface area (Å²) in [6.07, 6.45) is 0. The lowest BCUT2D eigenvalue weighted by molar-refractivity contribution is 0.879. The van der Waals surface area contributed by atoms with Crippen LogP contribution in [0.4, 0.5) is 0 Å². The van der Waals surface area contributed by atoms with Crippen LogP contribution in [0, 0.1) is 25.2 Å². The molecule has 2 aromatic carbocycles. The fourth-order valence-corrected chi connectivity index (χ4v) is 2.63. The molecule has 0 aliphatic rings. The third kappa shape index (κ3) is 2.61. The van der Waals surface area contributed by atoms with E-state index in [1.54, 1.807) is 4.68 Å². The normalized spacial score (nSPS) is 10.5. The summed E-state index contributed by atoms with van der Waals surface area (Å²) in [6, 6.07) is 17.6. The minimum atomic E-state index is 0.393. The van der Waals surface area contributed by atoms with Gasteiger partial charge >= 0.3 is 0 Å². The molecule has 108 valence electrons. The van der Waals surface area contributed by atoms with E-state index in [-0.39, 0.29) is 0 Å². The van der Waals surface area contributed by atoms with Gasteiger partial charge in [-0.3, -0.25) is 0 Å². The van der Waals surface area contributed by atoms with Crippen molar-refractivity contribution >= 4 is 11.6 Å². The Labute approximate surface area is 134 Å². The van der Waals surface area contributed by atoms with Gasteiger partial charge in [0, 0.05) is 16.7 Å². The zero-order valence-corrected chi connectivity index (χ0v) is 13.1. The molecule has 1 heterocycles. The van der Waals surface area contributed by atoms with Crippen molar-refractivity contribution in [2.75, 3.05) is 0 Å². The molecule has 3 rings (SSSR count). The molecule has 0 amide bonds. The quantitative estimate of drug-likeness (QED) is 0.689. The summed E-state index contributed by atoms with van der Waals surface area (Å²) < 4.78 is 1.78. The van der Waals surface area contributed by atoms with Crippen LogP contribution in [0.1, 0.15) is 16.8 Å². The maximum Gasteiger partial charge on any atom is 0.163 e. The standard InChI is InChI=1S/C18H14ClN3/c1-12-3-8-17(13(2)9-12)18-10-15(11-20)21-22(18)16-6-4-14(19)5-7-16/h3-10H,1-2H3. The average Bonchev–Trinajstić information content (AvgIpc) is 2.92. The zero-order valence-electron chi connectivity index (χ0n) is 12.3. The van der Waals surface area contributed by atoms with Gasteiger partial charge in [-0.25, -0.2) is 4.68 Å². The van der Waals surface area contributed by atoms with E-state index in [1.807, 2.05) is 30.3 Å². The first-order valence-corrected chi connectivity index (χ1v) is 7.30. The molecule has 0 radical (unpaired) electrons. The monoisotopic (exact) mass is 307 g/mol. The van der Waals surface area contributed by atoms with E-state index < -0.39 is 0 Å². The van der Waals surface area contributed by atoms with E-state index in [2.05, 4.69) is 43.2 Å². The maximum atomic E-state index is 9.18. The van der Waals surface area contributed by atoms with Crippen LogP contribution in [0.5, 0.6) is 0 Å². The van der Waals surface area contributed by atoms with E-state index in [4.69, 9.17) is 11.6 Å². The summed E-state index contributed by atoms with van der Waals surface area (Å²) in [4.78, 5) is 0. The number of rotatable bonds is 2. The molecule has 0 N–H and O–H groups in total. The molecule has 0 atom stereocenters. The molecule has 0 bridgehead atoms. The number of aromatic nitrogens is 2. The van der Waals surface area contributed by atoms with E-state index in [0.717, 1.165) is 22.5 Å². The minimum Gasteiger partial charge on any atom is -0.232 e. The molecule has 4 heteroatoms. The van der Waals surface area contributed by atoms with Crippen molar-refractivity contribution in [3.63, 3.8) is 0 Å². The van der Waals surface area contributed by atoms with Crippen LogP contribution in [-0.4, -0.2) is 9.78 Å². The smallest absolute Gasteiger partial charge is 0.163 e. The highest BCUT2D eigenvalue weighted by Gasteiger charge is 2.13. The maximum absolute atomic E-state index is 9.18. The Hall–Kier alpha value is -2.57. The fraction of sp³-hybridized carbons (Fsp3) is 0.111. The molecule has 0 aliphatic heterocycles. The topological polar surface area (TPSA) is 41.6 Å². The van der Waals surface area contributed by atoms with Crippen molar-refractivity contribution in [3.8, 4) is 23.0 Å². The van der Waals surface area contributed by atoms with Gasteiger partial charge in [-0.15, -0.1) is 0 Å². The number of aryl methyl sites for hydroxylation is 2. The first-order valence-electron chi connectivity index (χ1n) is 6.92. The van der Waals surface area contributed by atoms with Gasteiger partial charge in [0.1, 0.15) is 6.07 Å². The van der Waals surface area contributed by atoms with Crippen LogP contribution in [0.2, 0.25) is 5.02 Å². The molecular formula is C18H14ClN3. The first-order chi connectivity index (χ1) is 10.6. The van der Waals surface area contributed by atoms with Crippen molar-refractivity contribution in [1.82, 2.24) is 9.78 Å². The van der Waals surface area contributed by atoms with Crippen molar-refractivity contribution in [2.24, 2.45) is 0 Å². The lowest BCUT2D eigenvalue weighted by Crippen LogP contribution is -2.00. The van der Waals surface area contributed by atoms with Gasteiger partial charge in [0.05, 0.1) is 11.4 Å². The molecular weight excluding hydrogens is 294 g/mol. The van der Waals surface area contributed by atoms with Crippen molar-refractivity contribution in [3.05, 3.63) is 70.4 Å². The third-order valence-electron chi connectivity index (χ3n) is 3.55. The van der Waals surface area contributed by atoms with Crippen LogP contribution in [0.3, 0.4) is 0 Å². The molecule has 0 saturated heterocycles. The second-order valence-electron chi connectivity index (χ2n) is 5.23. The highest BCUT2D eigenvalue weighted by molar-refractivity contribution is 6.30. The summed E-state index contributed by atoms with van der Waals surface area (Å²) in [7, 11) is 0. The van der Waals surface area contributed by atoms with Gasteiger partial charge in [-0.2, -0.15) is 10.4 Å². The van der Waals surface area contributed by atoms with E-state index in [9.17, 15) is 5.26 Å². The number of nitrogens with zero attached hydrogens (tertiary/aromatic N) is 3. The zero-order chi connectivity index (χ0) is 15.7. The number of benzene rings is 2. The molecule has 0 fully saturated rings. The molecule has 0 unspecified atom stereocenters. The summed E-state index contributed by atoms with van der Waals surface area (Å²) in [5.74, 6) is 0. The summed E-state index contributed by atoms with van der Waals surface area (Å²) >= 11 is 5.95. The van der Waals surface area contributed by atoms with Crippen LogP contribution in [0.15, 0.2) is 48.5 Å². The van der Waals surface area contributed by atoms with Crippen molar-refractivity contribution < 1.29 is 0 Å². The average molecular weight is 308 g/mol. The van der Waals surface area contributed by atoms with Gasteiger partial charge in [0.2, 0.25) is 0 Å². The minimum absolute atomic E-state index is 0.393. The Morgan fingerprint density at radius 1 is 1.05 bits per heavy atom. The number of nitriles is 1. The lowest BCUT2D eigenvalue weighted by Gasteiger charge is -2.10. The van der Waals surface area contributed by atoms with E-state index in [1.165, 1.54) is 5.56 Å². The number of halogens is 1. The molecule has 3 nitrogen and oxygen atoms in total. The Kier molecular flexibility index (Phi) is 3.70. The molecule has 0 aliphatic carbocycles. The van der Waals surface area contributed by atoms with Gasteiger partial charge in [0.15, 0.2) is 5.69 Å². The molecule has 0 spiro atoms. The summed E-state index contributed by atoms with van der Waals surface area (Å²) in [6.45, 7) is 4.13. The van der Waals surface area contributed by atoms with Crippen LogP contribution in [-0.2, 0) is 0 Å². The van der Waals surface area contributed by atoms with Gasteiger partial charge in [0.25, 0.3) is 0 Å². The summed E-state index contributed by atoms with van der Waals surface area (Å²) in [5, 5.41) is 14.2. The SMILES string of the molecule is Cc1ccc(-c2cc(C#N)nn2-c2ccc(Cl)cc2)c(C)c1. The van der Waals surface area contributed by atoms with E-state index in [0.29, 0.717) is 10.7 Å². The predicted molar refractivity (Wildman–Crippen MR) is 88.2 cm³/mol. The first kappa shape index (κ1) is 14.4. The highest BCUT2D eigenvalue weighted by Crippen LogP contribution is 2.28.